The molecule has 18 heavy (non-hydrogen) atoms. The van der Waals surface area contributed by atoms with E-state index in [1.165, 1.54) is 34.9 Å². The number of para-hydroxylation sites is 1. The summed E-state index contributed by atoms with van der Waals surface area (Å²) in [5.74, 6) is 0.723. The lowest BCUT2D eigenvalue weighted by atomic mass is 9.88. The van der Waals surface area contributed by atoms with Gasteiger partial charge in [0.25, 0.3) is 0 Å². The molecule has 1 aromatic heterocycles. The quantitative estimate of drug-likeness (QED) is 0.879. The summed E-state index contributed by atoms with van der Waals surface area (Å²) in [6.45, 7) is 5.73. The van der Waals surface area contributed by atoms with Crippen molar-refractivity contribution in [2.75, 3.05) is 6.61 Å². The molecule has 1 unspecified atom stereocenters. The molecule has 0 radical (unpaired) electrons. The minimum atomic E-state index is 0.237. The zero-order valence-corrected chi connectivity index (χ0v) is 11.2. The van der Waals surface area contributed by atoms with Crippen molar-refractivity contribution in [3.63, 3.8) is 0 Å². The lowest BCUT2D eigenvalue weighted by Gasteiger charge is -2.17. The van der Waals surface area contributed by atoms with E-state index < -0.39 is 0 Å². The maximum absolute atomic E-state index is 9.67. The fourth-order valence-electron chi connectivity index (χ4n) is 3.25. The predicted octanol–water partition coefficient (Wildman–Crippen LogP) is 3.32. The van der Waals surface area contributed by atoms with Gasteiger partial charge in [-0.2, -0.15) is 0 Å². The van der Waals surface area contributed by atoms with Gasteiger partial charge >= 0.3 is 0 Å². The first kappa shape index (κ1) is 11.8. The molecule has 1 aliphatic rings. The van der Waals surface area contributed by atoms with Crippen molar-refractivity contribution in [1.29, 1.82) is 0 Å². The van der Waals surface area contributed by atoms with Crippen LogP contribution in [0.4, 0.5) is 0 Å². The van der Waals surface area contributed by atoms with Crippen LogP contribution >= 0.6 is 0 Å². The fraction of sp³-hybridized carbons (Fsp3) is 0.500. The molecule has 2 heteroatoms. The highest BCUT2D eigenvalue weighted by molar-refractivity contribution is 5.87. The maximum atomic E-state index is 9.67. The smallest absolute Gasteiger partial charge is 0.0515 e. The van der Waals surface area contributed by atoms with E-state index in [4.69, 9.17) is 0 Å². The van der Waals surface area contributed by atoms with E-state index in [0.717, 1.165) is 6.54 Å². The van der Waals surface area contributed by atoms with Gasteiger partial charge < -0.3 is 9.67 Å². The Morgan fingerprint density at radius 2 is 2.17 bits per heavy atom. The second-order valence-corrected chi connectivity index (χ2v) is 5.73. The first-order valence-electron chi connectivity index (χ1n) is 6.94. The number of aromatic nitrogens is 1. The lowest BCUT2D eigenvalue weighted by Crippen LogP contribution is -2.10. The molecule has 0 saturated carbocycles. The average molecular weight is 243 g/mol. The van der Waals surface area contributed by atoms with E-state index in [9.17, 15) is 5.11 Å². The van der Waals surface area contributed by atoms with Crippen LogP contribution in [0.25, 0.3) is 10.9 Å². The largest absolute Gasteiger partial charge is 0.396 e. The average Bonchev–Trinajstić information content (AvgIpc) is 2.72. The van der Waals surface area contributed by atoms with Gasteiger partial charge in [-0.1, -0.05) is 32.0 Å². The number of hydrogen-bond donors (Lipinski definition) is 1. The molecule has 0 bridgehead atoms. The van der Waals surface area contributed by atoms with Crippen LogP contribution < -0.4 is 0 Å². The Kier molecular flexibility index (Phi) is 2.90. The van der Waals surface area contributed by atoms with Crippen molar-refractivity contribution < 1.29 is 5.11 Å². The van der Waals surface area contributed by atoms with Crippen LogP contribution in [0.5, 0.6) is 0 Å². The van der Waals surface area contributed by atoms with E-state index in [1.54, 1.807) is 0 Å². The van der Waals surface area contributed by atoms with Crippen molar-refractivity contribution in [2.45, 2.75) is 39.2 Å². The molecule has 0 fully saturated rings. The summed E-state index contributed by atoms with van der Waals surface area (Å²) in [5, 5.41) is 11.0. The number of nitrogens with zero attached hydrogens (tertiary/aromatic N) is 1. The molecular weight excluding hydrogens is 222 g/mol. The highest BCUT2D eigenvalue weighted by Crippen LogP contribution is 2.35. The van der Waals surface area contributed by atoms with Crippen molar-refractivity contribution in [2.24, 2.45) is 5.92 Å². The summed E-state index contributed by atoms with van der Waals surface area (Å²) in [7, 11) is 0. The van der Waals surface area contributed by atoms with E-state index in [-0.39, 0.29) is 12.5 Å². The van der Waals surface area contributed by atoms with Crippen LogP contribution in [0.2, 0.25) is 0 Å². The van der Waals surface area contributed by atoms with Crippen molar-refractivity contribution in [3.05, 3.63) is 35.5 Å². The molecule has 0 amide bonds. The topological polar surface area (TPSA) is 25.2 Å². The molecule has 3 rings (SSSR count). The van der Waals surface area contributed by atoms with Gasteiger partial charge in [0.05, 0.1) is 12.1 Å². The molecule has 1 N–H and O–H groups in total. The molecule has 0 saturated heterocycles. The zero-order valence-electron chi connectivity index (χ0n) is 11.2. The first-order valence-corrected chi connectivity index (χ1v) is 6.94. The summed E-state index contributed by atoms with van der Waals surface area (Å²) >= 11 is 0. The van der Waals surface area contributed by atoms with Gasteiger partial charge in [0, 0.05) is 24.0 Å². The van der Waals surface area contributed by atoms with Crippen LogP contribution in [-0.4, -0.2) is 16.3 Å². The predicted molar refractivity (Wildman–Crippen MR) is 74.9 cm³/mol. The van der Waals surface area contributed by atoms with Gasteiger partial charge in [0.2, 0.25) is 0 Å². The highest BCUT2D eigenvalue weighted by Gasteiger charge is 2.22. The van der Waals surface area contributed by atoms with Crippen molar-refractivity contribution in [1.82, 2.24) is 4.57 Å². The SMILES string of the molecule is CC(C)C(CO)c1cn2c3c(cccc13)CCC2. The van der Waals surface area contributed by atoms with Crippen LogP contribution in [-0.2, 0) is 13.0 Å². The van der Waals surface area contributed by atoms with Gasteiger partial charge in [-0.3, -0.25) is 0 Å². The Bertz CT molecular complexity index is 568. The number of rotatable bonds is 3. The molecule has 0 spiro atoms. The minimum absolute atomic E-state index is 0.237. The van der Waals surface area contributed by atoms with E-state index in [0.29, 0.717) is 5.92 Å². The number of aliphatic hydroxyl groups is 1. The molecule has 0 aliphatic carbocycles. The van der Waals surface area contributed by atoms with E-state index in [2.05, 4.69) is 42.8 Å². The molecule has 2 aromatic rings. The Labute approximate surface area is 108 Å². The summed E-state index contributed by atoms with van der Waals surface area (Å²) in [5.41, 5.74) is 4.19. The Balaban J connectivity index is 2.23. The van der Waals surface area contributed by atoms with Gasteiger partial charge in [-0.15, -0.1) is 0 Å². The van der Waals surface area contributed by atoms with Crippen LogP contribution in [0, 0.1) is 5.92 Å². The fourth-order valence-corrected chi connectivity index (χ4v) is 3.25. The molecule has 2 heterocycles. The second kappa shape index (κ2) is 4.43. The molecule has 1 aliphatic heterocycles. The summed E-state index contributed by atoms with van der Waals surface area (Å²) in [6.07, 6.45) is 4.69. The minimum Gasteiger partial charge on any atom is -0.396 e. The number of benzene rings is 1. The second-order valence-electron chi connectivity index (χ2n) is 5.73. The van der Waals surface area contributed by atoms with Crippen molar-refractivity contribution >= 4 is 10.9 Å². The van der Waals surface area contributed by atoms with Crippen LogP contribution in [0.15, 0.2) is 24.4 Å². The van der Waals surface area contributed by atoms with Gasteiger partial charge in [-0.05, 0) is 29.9 Å². The van der Waals surface area contributed by atoms with E-state index in [1.807, 2.05) is 0 Å². The Hall–Kier alpha value is -1.28. The van der Waals surface area contributed by atoms with Gasteiger partial charge in [0.1, 0.15) is 0 Å². The van der Waals surface area contributed by atoms with E-state index >= 15 is 0 Å². The number of aliphatic hydroxyl groups excluding tert-OH is 1. The molecule has 1 atom stereocenters. The lowest BCUT2D eigenvalue weighted by molar-refractivity contribution is 0.238. The van der Waals surface area contributed by atoms with Crippen molar-refractivity contribution in [3.8, 4) is 0 Å². The van der Waals surface area contributed by atoms with Gasteiger partial charge in [0.15, 0.2) is 0 Å². The third-order valence-corrected chi connectivity index (χ3v) is 4.26. The Morgan fingerprint density at radius 3 is 2.89 bits per heavy atom. The zero-order chi connectivity index (χ0) is 12.7. The maximum Gasteiger partial charge on any atom is 0.0515 e. The first-order chi connectivity index (χ1) is 8.72. The summed E-state index contributed by atoms with van der Waals surface area (Å²) in [6, 6.07) is 6.61. The summed E-state index contributed by atoms with van der Waals surface area (Å²) in [4.78, 5) is 0. The molecule has 1 aromatic carbocycles. The molecular formula is C16H21NO. The van der Waals surface area contributed by atoms with Gasteiger partial charge in [-0.25, -0.2) is 0 Å². The summed E-state index contributed by atoms with van der Waals surface area (Å²) < 4.78 is 2.38. The normalized spacial score (nSPS) is 16.4. The standard InChI is InChI=1S/C16H21NO/c1-11(2)15(10-18)14-9-17-8-4-6-12-5-3-7-13(14)16(12)17/h3,5,7,9,11,15,18H,4,6,8,10H2,1-2H3. The molecule has 2 nitrogen and oxygen atoms in total. The third kappa shape index (κ3) is 1.67. The monoisotopic (exact) mass is 243 g/mol. The Morgan fingerprint density at radius 1 is 1.33 bits per heavy atom. The molecule has 96 valence electrons. The third-order valence-electron chi connectivity index (χ3n) is 4.26. The highest BCUT2D eigenvalue weighted by atomic mass is 16.3. The number of aryl methyl sites for hydroxylation is 2. The van der Waals surface area contributed by atoms with Crippen LogP contribution in [0.1, 0.15) is 37.3 Å². The van der Waals surface area contributed by atoms with Crippen LogP contribution in [0.3, 0.4) is 0 Å². The number of hydrogen-bond acceptors (Lipinski definition) is 1.